The van der Waals surface area contributed by atoms with Crippen LogP contribution in [-0.2, 0) is 6.54 Å². The molecule has 0 aliphatic carbocycles. The fourth-order valence-corrected chi connectivity index (χ4v) is 1.16. The molecule has 0 saturated carbocycles. The van der Waals surface area contributed by atoms with Gasteiger partial charge in [-0.2, -0.15) is 0 Å². The van der Waals surface area contributed by atoms with Crippen LogP contribution in [0.2, 0.25) is 0 Å². The summed E-state index contributed by atoms with van der Waals surface area (Å²) in [5, 5.41) is 2.81. The van der Waals surface area contributed by atoms with E-state index in [2.05, 4.69) is 5.32 Å². The van der Waals surface area contributed by atoms with Crippen molar-refractivity contribution in [2.75, 3.05) is 19.3 Å². The van der Waals surface area contributed by atoms with Crippen molar-refractivity contribution in [2.45, 2.75) is 13.5 Å². The molecule has 82 valence electrons. The highest BCUT2D eigenvalue weighted by Gasteiger charge is 2.04. The Labute approximate surface area is 90.1 Å². The molecule has 2 amide bonds. The van der Waals surface area contributed by atoms with E-state index in [0.29, 0.717) is 18.8 Å². The molecular formula is C11H17N3O. The van der Waals surface area contributed by atoms with Crippen molar-refractivity contribution >= 4 is 11.7 Å². The van der Waals surface area contributed by atoms with Crippen LogP contribution in [0.15, 0.2) is 24.3 Å². The van der Waals surface area contributed by atoms with E-state index in [1.165, 1.54) is 0 Å². The predicted octanol–water partition coefficient (Wildman–Crippen LogP) is 1.43. The molecule has 0 radical (unpaired) electrons. The van der Waals surface area contributed by atoms with Gasteiger partial charge in [0.25, 0.3) is 0 Å². The lowest BCUT2D eigenvalue weighted by Gasteiger charge is -2.15. The highest BCUT2D eigenvalue weighted by Crippen LogP contribution is 2.05. The molecule has 0 heterocycles. The van der Waals surface area contributed by atoms with E-state index in [9.17, 15) is 4.79 Å². The predicted molar refractivity (Wildman–Crippen MR) is 61.4 cm³/mol. The van der Waals surface area contributed by atoms with Gasteiger partial charge in [0.15, 0.2) is 0 Å². The Balaban J connectivity index is 2.47. The van der Waals surface area contributed by atoms with Gasteiger partial charge in [0.05, 0.1) is 0 Å². The van der Waals surface area contributed by atoms with Crippen LogP contribution in [0.4, 0.5) is 10.5 Å². The second-order valence-corrected chi connectivity index (χ2v) is 3.42. The number of urea groups is 1. The molecule has 0 fully saturated rings. The van der Waals surface area contributed by atoms with E-state index in [4.69, 9.17) is 5.73 Å². The van der Waals surface area contributed by atoms with E-state index >= 15 is 0 Å². The third kappa shape index (κ3) is 3.50. The van der Waals surface area contributed by atoms with Crippen LogP contribution in [0, 0.1) is 0 Å². The van der Waals surface area contributed by atoms with Crippen LogP contribution in [0.5, 0.6) is 0 Å². The standard InChI is InChI=1S/C11H17N3O/c1-3-14(2)11(15)13-8-9-5-4-6-10(12)7-9/h4-7H,3,8,12H2,1-2H3,(H,13,15). The molecule has 3 N–H and O–H groups in total. The van der Waals surface area contributed by atoms with Gasteiger partial charge in [-0.1, -0.05) is 12.1 Å². The molecule has 0 spiro atoms. The van der Waals surface area contributed by atoms with Crippen molar-refractivity contribution in [3.8, 4) is 0 Å². The molecule has 0 unspecified atom stereocenters. The number of amides is 2. The number of anilines is 1. The lowest BCUT2D eigenvalue weighted by Crippen LogP contribution is -2.36. The number of benzene rings is 1. The molecule has 1 rings (SSSR count). The minimum atomic E-state index is -0.0695. The SMILES string of the molecule is CCN(C)C(=O)NCc1cccc(N)c1. The van der Waals surface area contributed by atoms with Crippen LogP contribution >= 0.6 is 0 Å². The van der Waals surface area contributed by atoms with Gasteiger partial charge in [0.1, 0.15) is 0 Å². The quantitative estimate of drug-likeness (QED) is 0.737. The summed E-state index contributed by atoms with van der Waals surface area (Å²) in [6, 6.07) is 7.42. The first-order valence-corrected chi connectivity index (χ1v) is 4.97. The minimum Gasteiger partial charge on any atom is -0.399 e. The second-order valence-electron chi connectivity index (χ2n) is 3.42. The van der Waals surface area contributed by atoms with Gasteiger partial charge in [-0.3, -0.25) is 0 Å². The summed E-state index contributed by atoms with van der Waals surface area (Å²) < 4.78 is 0. The summed E-state index contributed by atoms with van der Waals surface area (Å²) >= 11 is 0. The van der Waals surface area contributed by atoms with Crippen LogP contribution in [0.1, 0.15) is 12.5 Å². The Morgan fingerprint density at radius 2 is 2.27 bits per heavy atom. The van der Waals surface area contributed by atoms with Crippen molar-refractivity contribution in [1.82, 2.24) is 10.2 Å². The highest BCUT2D eigenvalue weighted by molar-refractivity contribution is 5.73. The number of nitrogens with zero attached hydrogens (tertiary/aromatic N) is 1. The van der Waals surface area contributed by atoms with Crippen molar-refractivity contribution in [3.05, 3.63) is 29.8 Å². The van der Waals surface area contributed by atoms with Crippen molar-refractivity contribution < 1.29 is 4.79 Å². The number of nitrogen functional groups attached to an aromatic ring is 1. The van der Waals surface area contributed by atoms with Crippen LogP contribution in [0.3, 0.4) is 0 Å². The molecule has 0 atom stereocenters. The van der Waals surface area contributed by atoms with Crippen molar-refractivity contribution in [2.24, 2.45) is 0 Å². The molecule has 0 bridgehead atoms. The van der Waals surface area contributed by atoms with Gasteiger partial charge < -0.3 is 16.0 Å². The zero-order valence-electron chi connectivity index (χ0n) is 9.16. The number of nitrogens with one attached hydrogen (secondary N) is 1. The zero-order chi connectivity index (χ0) is 11.3. The summed E-state index contributed by atoms with van der Waals surface area (Å²) in [5.41, 5.74) is 7.35. The topological polar surface area (TPSA) is 58.4 Å². The molecule has 15 heavy (non-hydrogen) atoms. The third-order valence-electron chi connectivity index (χ3n) is 2.22. The fourth-order valence-electron chi connectivity index (χ4n) is 1.16. The summed E-state index contributed by atoms with van der Waals surface area (Å²) in [7, 11) is 1.76. The minimum absolute atomic E-state index is 0.0695. The summed E-state index contributed by atoms with van der Waals surface area (Å²) in [5.74, 6) is 0. The molecule has 1 aromatic carbocycles. The van der Waals surface area contributed by atoms with Crippen LogP contribution < -0.4 is 11.1 Å². The zero-order valence-corrected chi connectivity index (χ0v) is 9.16. The Kier molecular flexibility index (Phi) is 3.97. The highest BCUT2D eigenvalue weighted by atomic mass is 16.2. The normalized spacial score (nSPS) is 9.73. The Bertz CT molecular complexity index is 338. The van der Waals surface area contributed by atoms with Crippen molar-refractivity contribution in [1.29, 1.82) is 0 Å². The summed E-state index contributed by atoms with van der Waals surface area (Å²) in [4.78, 5) is 13.0. The molecule has 1 aromatic rings. The monoisotopic (exact) mass is 207 g/mol. The van der Waals surface area contributed by atoms with Gasteiger partial charge in [-0.15, -0.1) is 0 Å². The number of carbonyl (C=O) groups is 1. The van der Waals surface area contributed by atoms with Crippen LogP contribution in [0.25, 0.3) is 0 Å². The van der Waals surface area contributed by atoms with E-state index < -0.39 is 0 Å². The molecule has 0 aliphatic rings. The first-order valence-electron chi connectivity index (χ1n) is 4.97. The average Bonchev–Trinajstić information content (AvgIpc) is 2.25. The Morgan fingerprint density at radius 3 is 2.87 bits per heavy atom. The molecule has 0 aromatic heterocycles. The van der Waals surface area contributed by atoms with Gasteiger partial charge in [-0.05, 0) is 24.6 Å². The van der Waals surface area contributed by atoms with E-state index in [-0.39, 0.29) is 6.03 Å². The maximum atomic E-state index is 11.4. The van der Waals surface area contributed by atoms with E-state index in [0.717, 1.165) is 5.56 Å². The number of hydrogen-bond acceptors (Lipinski definition) is 2. The van der Waals surface area contributed by atoms with Gasteiger partial charge in [0, 0.05) is 25.8 Å². The average molecular weight is 207 g/mol. The smallest absolute Gasteiger partial charge is 0.317 e. The maximum absolute atomic E-state index is 11.4. The largest absolute Gasteiger partial charge is 0.399 e. The second kappa shape index (κ2) is 5.24. The fraction of sp³-hybridized carbons (Fsp3) is 0.364. The van der Waals surface area contributed by atoms with Gasteiger partial charge in [-0.25, -0.2) is 4.79 Å². The number of rotatable bonds is 3. The lowest BCUT2D eigenvalue weighted by molar-refractivity contribution is 0.210. The van der Waals surface area contributed by atoms with Crippen LogP contribution in [-0.4, -0.2) is 24.5 Å². The molecule has 0 aliphatic heterocycles. The van der Waals surface area contributed by atoms with Gasteiger partial charge in [0.2, 0.25) is 0 Å². The maximum Gasteiger partial charge on any atom is 0.317 e. The summed E-state index contributed by atoms with van der Waals surface area (Å²) in [6.45, 7) is 3.14. The van der Waals surface area contributed by atoms with E-state index in [1.807, 2.05) is 31.2 Å². The first kappa shape index (κ1) is 11.4. The lowest BCUT2D eigenvalue weighted by atomic mass is 10.2. The molecule has 4 nitrogen and oxygen atoms in total. The first-order chi connectivity index (χ1) is 7.13. The number of nitrogens with two attached hydrogens (primary N) is 1. The number of hydrogen-bond donors (Lipinski definition) is 2. The number of carbonyl (C=O) groups excluding carboxylic acids is 1. The molecular weight excluding hydrogens is 190 g/mol. The summed E-state index contributed by atoms with van der Waals surface area (Å²) in [6.07, 6.45) is 0. The van der Waals surface area contributed by atoms with E-state index in [1.54, 1.807) is 11.9 Å². The third-order valence-corrected chi connectivity index (χ3v) is 2.22. The Morgan fingerprint density at radius 1 is 1.53 bits per heavy atom. The Hall–Kier alpha value is -1.71. The molecule has 4 heteroatoms. The van der Waals surface area contributed by atoms with Gasteiger partial charge >= 0.3 is 6.03 Å². The molecule has 0 saturated heterocycles. The van der Waals surface area contributed by atoms with Crippen molar-refractivity contribution in [3.63, 3.8) is 0 Å².